The number of rotatable bonds is 12. The van der Waals surface area contributed by atoms with Crippen LogP contribution in [0.25, 0.3) is 22.4 Å². The third-order valence-electron chi connectivity index (χ3n) is 9.26. The average molecular weight is 641 g/mol. The Bertz CT molecular complexity index is 1890. The zero-order valence-electron chi connectivity index (χ0n) is 27.1. The van der Waals surface area contributed by atoms with Gasteiger partial charge in [-0.15, -0.1) is 0 Å². The van der Waals surface area contributed by atoms with Crippen LogP contribution in [0.1, 0.15) is 61.1 Å². The minimum Gasteiger partial charge on any atom is -0.437 e. The number of hydrogen-bond donors (Lipinski definition) is 1. The van der Waals surface area contributed by atoms with Gasteiger partial charge in [-0.05, 0) is 41.2 Å². The SMILES string of the molecule is CCCCCc1ccc(-c2cc3cn([C@H]4C[C@H](O)[C@@H](COC(c5ccccc5)(c5ccccc5)c5ccccc5)O4)c(=O)nc3o2)cc1. The lowest BCUT2D eigenvalue weighted by Gasteiger charge is -2.37. The maximum Gasteiger partial charge on any atom is 0.353 e. The van der Waals surface area contributed by atoms with Crippen LogP contribution in [0.2, 0.25) is 0 Å². The van der Waals surface area contributed by atoms with E-state index in [0.29, 0.717) is 11.1 Å². The van der Waals surface area contributed by atoms with Crippen LogP contribution in [-0.4, -0.2) is 33.5 Å². The monoisotopic (exact) mass is 640 g/mol. The first-order valence-corrected chi connectivity index (χ1v) is 16.8. The summed E-state index contributed by atoms with van der Waals surface area (Å²) in [6.07, 6.45) is 4.34. The number of aromatic nitrogens is 2. The Morgan fingerprint density at radius 3 is 2.04 bits per heavy atom. The van der Waals surface area contributed by atoms with Gasteiger partial charge in [-0.3, -0.25) is 4.57 Å². The van der Waals surface area contributed by atoms with Gasteiger partial charge in [-0.2, -0.15) is 4.98 Å². The molecule has 0 saturated carbocycles. The van der Waals surface area contributed by atoms with Crippen LogP contribution in [0.4, 0.5) is 0 Å². The lowest BCUT2D eigenvalue weighted by atomic mass is 9.80. The van der Waals surface area contributed by atoms with E-state index in [9.17, 15) is 9.90 Å². The summed E-state index contributed by atoms with van der Waals surface area (Å²) >= 11 is 0. The maximum absolute atomic E-state index is 13.2. The van der Waals surface area contributed by atoms with Crippen molar-refractivity contribution in [3.05, 3.63) is 160 Å². The van der Waals surface area contributed by atoms with E-state index in [4.69, 9.17) is 13.9 Å². The van der Waals surface area contributed by atoms with Crippen LogP contribution in [0.5, 0.6) is 0 Å². The highest BCUT2D eigenvalue weighted by atomic mass is 16.6. The van der Waals surface area contributed by atoms with Gasteiger partial charge < -0.3 is 19.0 Å². The molecule has 48 heavy (non-hydrogen) atoms. The van der Waals surface area contributed by atoms with Gasteiger partial charge in [0.2, 0.25) is 5.71 Å². The average Bonchev–Trinajstić information content (AvgIpc) is 3.72. The smallest absolute Gasteiger partial charge is 0.353 e. The number of aliphatic hydroxyl groups excluding tert-OH is 1. The second-order valence-corrected chi connectivity index (χ2v) is 12.5. The molecular weight excluding hydrogens is 600 g/mol. The van der Waals surface area contributed by atoms with Gasteiger partial charge in [-0.25, -0.2) is 4.79 Å². The van der Waals surface area contributed by atoms with E-state index in [1.54, 1.807) is 6.20 Å². The van der Waals surface area contributed by atoms with Gasteiger partial charge in [0, 0.05) is 18.2 Å². The van der Waals surface area contributed by atoms with Crippen molar-refractivity contribution in [2.75, 3.05) is 6.61 Å². The van der Waals surface area contributed by atoms with E-state index in [1.165, 1.54) is 29.4 Å². The molecule has 1 saturated heterocycles. The molecule has 2 aromatic heterocycles. The molecule has 3 heterocycles. The molecule has 0 radical (unpaired) electrons. The normalized spacial score (nSPS) is 18.0. The number of unbranched alkanes of at least 4 members (excludes halogenated alkanes) is 2. The highest BCUT2D eigenvalue weighted by molar-refractivity contribution is 5.79. The Labute approximate surface area is 280 Å². The summed E-state index contributed by atoms with van der Waals surface area (Å²) in [5, 5.41) is 11.9. The zero-order valence-corrected chi connectivity index (χ0v) is 27.1. The predicted molar refractivity (Wildman–Crippen MR) is 187 cm³/mol. The van der Waals surface area contributed by atoms with Crippen LogP contribution in [0.3, 0.4) is 0 Å². The lowest BCUT2D eigenvalue weighted by molar-refractivity contribution is -0.0943. The fraction of sp³-hybridized carbons (Fsp3) is 0.268. The summed E-state index contributed by atoms with van der Waals surface area (Å²) in [5.74, 6) is 0.646. The van der Waals surface area contributed by atoms with Crippen molar-refractivity contribution in [3.63, 3.8) is 0 Å². The molecule has 7 nitrogen and oxygen atoms in total. The van der Waals surface area contributed by atoms with Crippen molar-refractivity contribution in [2.45, 2.75) is 63.1 Å². The molecule has 1 aliphatic heterocycles. The predicted octanol–water partition coefficient (Wildman–Crippen LogP) is 8.05. The van der Waals surface area contributed by atoms with Gasteiger partial charge in [0.05, 0.1) is 18.1 Å². The van der Waals surface area contributed by atoms with Crippen molar-refractivity contribution in [1.82, 2.24) is 9.55 Å². The van der Waals surface area contributed by atoms with E-state index in [1.807, 2.05) is 72.8 Å². The summed E-state index contributed by atoms with van der Waals surface area (Å²) in [4.78, 5) is 17.5. The molecule has 1 fully saturated rings. The molecule has 6 aromatic rings. The second-order valence-electron chi connectivity index (χ2n) is 12.5. The topological polar surface area (TPSA) is 86.7 Å². The Balaban J connectivity index is 1.13. The van der Waals surface area contributed by atoms with Crippen LogP contribution < -0.4 is 5.69 Å². The standard InChI is InChI=1S/C41H40N2O5/c1-2-3-7-14-29-21-23-30(24-22-29)36-25-31-27-43(40(45)42-39(31)48-36)38-26-35(44)37(47-38)28-46-41(32-15-8-4-9-16-32,33-17-10-5-11-18-33)34-19-12-6-13-20-34/h4-6,8-13,15-25,27,35,37-38,44H,2-3,7,14,26,28H2,1H3/t35-,37+,38+/m0/s1. The van der Waals surface area contributed by atoms with Crippen molar-refractivity contribution in [1.29, 1.82) is 0 Å². The quantitative estimate of drug-likeness (QED) is 0.108. The van der Waals surface area contributed by atoms with E-state index in [0.717, 1.165) is 28.7 Å². The first-order valence-electron chi connectivity index (χ1n) is 16.8. The molecule has 0 aliphatic carbocycles. The van der Waals surface area contributed by atoms with E-state index < -0.39 is 29.7 Å². The third-order valence-corrected chi connectivity index (χ3v) is 9.26. The Hall–Kier alpha value is -4.82. The zero-order chi connectivity index (χ0) is 32.9. The van der Waals surface area contributed by atoms with Crippen LogP contribution in [-0.2, 0) is 21.5 Å². The van der Waals surface area contributed by atoms with Gasteiger partial charge in [-0.1, -0.05) is 135 Å². The molecular formula is C41H40N2O5. The molecule has 0 unspecified atom stereocenters. The number of fused-ring (bicyclic) bond motifs is 1. The van der Waals surface area contributed by atoms with Gasteiger partial charge in [0.1, 0.15) is 23.7 Å². The van der Waals surface area contributed by atoms with Crippen molar-refractivity contribution >= 4 is 11.1 Å². The number of benzene rings is 4. The highest BCUT2D eigenvalue weighted by Crippen LogP contribution is 2.41. The molecule has 244 valence electrons. The van der Waals surface area contributed by atoms with E-state index in [2.05, 4.69) is 60.4 Å². The van der Waals surface area contributed by atoms with Crippen molar-refractivity contribution in [3.8, 4) is 11.3 Å². The maximum atomic E-state index is 13.2. The van der Waals surface area contributed by atoms with Crippen LogP contribution in [0.15, 0.2) is 137 Å². The minimum absolute atomic E-state index is 0.0884. The second kappa shape index (κ2) is 14.1. The number of hydrogen-bond acceptors (Lipinski definition) is 6. The number of ether oxygens (including phenoxy) is 2. The number of aliphatic hydroxyl groups is 1. The summed E-state index contributed by atoms with van der Waals surface area (Å²) in [7, 11) is 0. The number of nitrogens with zero attached hydrogens (tertiary/aromatic N) is 2. The molecule has 0 spiro atoms. The number of furan rings is 1. The summed E-state index contributed by atoms with van der Waals surface area (Å²) in [6, 6.07) is 40.5. The first-order chi connectivity index (χ1) is 23.5. The van der Waals surface area contributed by atoms with Gasteiger partial charge >= 0.3 is 5.69 Å². The molecule has 1 aliphatic rings. The number of aryl methyl sites for hydroxylation is 1. The minimum atomic E-state index is -0.955. The summed E-state index contributed by atoms with van der Waals surface area (Å²) in [5.41, 5.74) is 3.91. The third kappa shape index (κ3) is 6.37. The molecule has 0 bridgehead atoms. The molecule has 7 rings (SSSR count). The Morgan fingerprint density at radius 2 is 1.46 bits per heavy atom. The Kier molecular flexibility index (Phi) is 9.34. The molecule has 4 aromatic carbocycles. The van der Waals surface area contributed by atoms with Crippen molar-refractivity contribution < 1.29 is 19.0 Å². The fourth-order valence-electron chi connectivity index (χ4n) is 6.70. The van der Waals surface area contributed by atoms with Crippen LogP contribution >= 0.6 is 0 Å². The van der Waals surface area contributed by atoms with Crippen molar-refractivity contribution in [2.24, 2.45) is 0 Å². The largest absolute Gasteiger partial charge is 0.437 e. The Morgan fingerprint density at radius 1 is 0.854 bits per heavy atom. The van der Waals surface area contributed by atoms with E-state index >= 15 is 0 Å². The summed E-state index contributed by atoms with van der Waals surface area (Å²) in [6.45, 7) is 2.30. The van der Waals surface area contributed by atoms with Crippen LogP contribution in [0, 0.1) is 0 Å². The molecule has 1 N–H and O–H groups in total. The van der Waals surface area contributed by atoms with E-state index in [-0.39, 0.29) is 18.7 Å². The first kappa shape index (κ1) is 31.8. The van der Waals surface area contributed by atoms with Gasteiger partial charge in [0.25, 0.3) is 0 Å². The van der Waals surface area contributed by atoms with Gasteiger partial charge in [0.15, 0.2) is 0 Å². The lowest BCUT2D eigenvalue weighted by Crippen LogP contribution is -2.38. The fourth-order valence-corrected chi connectivity index (χ4v) is 6.70. The summed E-state index contributed by atoms with van der Waals surface area (Å²) < 4.78 is 20.7. The highest BCUT2D eigenvalue weighted by Gasteiger charge is 2.42. The molecule has 7 heteroatoms. The molecule has 0 amide bonds. The molecule has 3 atom stereocenters.